The number of ether oxygens (including phenoxy) is 2. The van der Waals surface area contributed by atoms with Crippen molar-refractivity contribution in [2.75, 3.05) is 50.5 Å². The number of halogens is 3. The molecule has 1 saturated heterocycles. The van der Waals surface area contributed by atoms with Crippen molar-refractivity contribution in [1.82, 2.24) is 9.62 Å². The fraction of sp³-hybridized carbons (Fsp3) is 0.579. The first-order valence-corrected chi connectivity index (χ1v) is 20.2. The van der Waals surface area contributed by atoms with Crippen LogP contribution in [0.4, 0.5) is 19.3 Å². The molecule has 2 aromatic carbocycles. The molecule has 1 N–H and O–H groups in total. The van der Waals surface area contributed by atoms with Crippen LogP contribution < -0.4 is 14.4 Å². The Hall–Kier alpha value is -3.22. The second-order valence-electron chi connectivity index (χ2n) is 14.6. The number of hydrogen-bond acceptors (Lipinski definition) is 6. The summed E-state index contributed by atoms with van der Waals surface area (Å²) in [5, 5.41) is 0.721. The summed E-state index contributed by atoms with van der Waals surface area (Å²) < 4.78 is 59.3. The third-order valence-electron chi connectivity index (χ3n) is 10.7. The maximum Gasteiger partial charge on any atom is 0.329 e. The highest BCUT2D eigenvalue weighted by molar-refractivity contribution is 7.92. The normalized spacial score (nSPS) is 28.4. The first-order valence-electron chi connectivity index (χ1n) is 18.1. The number of rotatable bonds is 4. The van der Waals surface area contributed by atoms with E-state index in [1.807, 2.05) is 19.1 Å². The molecule has 3 heterocycles. The number of allylic oxidation sites excluding steroid dienone is 1. The van der Waals surface area contributed by atoms with Crippen LogP contribution in [0, 0.1) is 23.7 Å². The predicted molar refractivity (Wildman–Crippen MR) is 196 cm³/mol. The average molecular weight is 747 g/mol. The summed E-state index contributed by atoms with van der Waals surface area (Å²) in [6.45, 7) is 4.08. The first kappa shape index (κ1) is 37.5. The quantitative estimate of drug-likeness (QED) is 0.325. The lowest BCUT2D eigenvalue weighted by atomic mass is 9.70. The van der Waals surface area contributed by atoms with E-state index in [4.69, 9.17) is 21.1 Å². The van der Waals surface area contributed by atoms with Gasteiger partial charge in [-0.3, -0.25) is 9.52 Å². The van der Waals surface area contributed by atoms with Gasteiger partial charge in [0.1, 0.15) is 15.7 Å². The van der Waals surface area contributed by atoms with Crippen molar-refractivity contribution in [2.45, 2.75) is 70.8 Å². The highest BCUT2D eigenvalue weighted by Crippen LogP contribution is 2.41. The number of methoxy groups -OCH3 is 1. The molecular weight excluding hydrogens is 698 g/mol. The van der Waals surface area contributed by atoms with Gasteiger partial charge >= 0.3 is 6.03 Å². The standard InChI is InChI=1S/C38H49ClF2N4O5S/c1-25-6-5-8-34(49-2)32-13-10-30(32)23-44-16-15-27-9-12-31(39)19-28(27)7-3-4-17-50-35-14-11-29(20-33(35)44)37(46)42-51(48,24-25)43-38(47)45-21-26(22-45)18-36(40)41/h5,8-9,11-12,14,19-20,25-26,30,32,34,36H,3-4,6-7,10,13,15-18,21-24H2,1-2H3,(H,42,43,46,47,48)/b8-5+/t25-,30-,32+,34-,51?/m0/s1. The number of aryl methyl sites for hydroxylation is 1. The van der Waals surface area contributed by atoms with Crippen LogP contribution >= 0.6 is 11.6 Å². The van der Waals surface area contributed by atoms with Crippen molar-refractivity contribution in [3.63, 3.8) is 0 Å². The van der Waals surface area contributed by atoms with E-state index in [1.54, 1.807) is 25.3 Å². The molecule has 9 nitrogen and oxygen atoms in total. The number of amides is 3. The number of anilines is 1. The molecule has 0 spiro atoms. The number of carbonyl (C=O) groups excluding carboxylic acids is 2. The minimum absolute atomic E-state index is 0.0591. The van der Waals surface area contributed by atoms with Crippen LogP contribution in [-0.2, 0) is 27.5 Å². The molecule has 1 saturated carbocycles. The van der Waals surface area contributed by atoms with Crippen LogP contribution in [0.25, 0.3) is 0 Å². The Kier molecular flexibility index (Phi) is 12.2. The Morgan fingerprint density at radius 3 is 2.69 bits per heavy atom. The van der Waals surface area contributed by atoms with Crippen molar-refractivity contribution < 1.29 is 32.1 Å². The summed E-state index contributed by atoms with van der Waals surface area (Å²) in [4.78, 5) is 30.7. The summed E-state index contributed by atoms with van der Waals surface area (Å²) in [6, 6.07) is 10.6. The highest BCUT2D eigenvalue weighted by atomic mass is 35.5. The van der Waals surface area contributed by atoms with Crippen molar-refractivity contribution in [2.24, 2.45) is 28.0 Å². The molecule has 13 heteroatoms. The molecule has 4 aliphatic rings. The second kappa shape index (κ2) is 16.6. The fourth-order valence-electron chi connectivity index (χ4n) is 7.71. The maximum absolute atomic E-state index is 14.4. The molecule has 51 heavy (non-hydrogen) atoms. The molecule has 2 bridgehead atoms. The number of nitrogens with zero attached hydrogens (tertiary/aromatic N) is 3. The van der Waals surface area contributed by atoms with Gasteiger partial charge in [-0.1, -0.05) is 36.7 Å². The Labute approximate surface area is 305 Å². The molecule has 6 rings (SSSR count). The van der Waals surface area contributed by atoms with Gasteiger partial charge in [-0.2, -0.15) is 0 Å². The van der Waals surface area contributed by atoms with E-state index < -0.39 is 28.3 Å². The third-order valence-corrected chi connectivity index (χ3v) is 12.9. The average Bonchev–Trinajstić information content (AvgIpc) is 3.04. The van der Waals surface area contributed by atoms with Crippen molar-refractivity contribution in [1.29, 1.82) is 0 Å². The molecule has 3 aliphatic heterocycles. The largest absolute Gasteiger partial charge is 0.491 e. The fourth-order valence-corrected chi connectivity index (χ4v) is 9.79. The van der Waals surface area contributed by atoms with Gasteiger partial charge in [0, 0.05) is 50.3 Å². The molecule has 0 aromatic heterocycles. The second-order valence-corrected chi connectivity index (χ2v) is 17.0. The minimum atomic E-state index is -3.59. The van der Waals surface area contributed by atoms with Gasteiger partial charge < -0.3 is 19.3 Å². The van der Waals surface area contributed by atoms with Gasteiger partial charge in [0.25, 0.3) is 5.91 Å². The monoisotopic (exact) mass is 746 g/mol. The van der Waals surface area contributed by atoms with Crippen LogP contribution in [0.2, 0.25) is 5.02 Å². The first-order chi connectivity index (χ1) is 24.5. The molecular formula is C38H49ClF2N4O5S. The van der Waals surface area contributed by atoms with E-state index in [9.17, 15) is 22.6 Å². The van der Waals surface area contributed by atoms with Gasteiger partial charge in [-0.15, -0.1) is 4.36 Å². The lowest BCUT2D eigenvalue weighted by Crippen LogP contribution is -2.55. The van der Waals surface area contributed by atoms with Crippen LogP contribution in [0.1, 0.15) is 66.9 Å². The molecule has 1 aliphatic carbocycles. The molecule has 0 radical (unpaired) electrons. The van der Waals surface area contributed by atoms with E-state index in [0.717, 1.165) is 55.8 Å². The zero-order valence-electron chi connectivity index (χ0n) is 29.4. The predicted octanol–water partition coefficient (Wildman–Crippen LogP) is 7.56. The van der Waals surface area contributed by atoms with Crippen LogP contribution in [0.5, 0.6) is 5.75 Å². The Bertz CT molecular complexity index is 1730. The smallest absolute Gasteiger partial charge is 0.329 e. The molecule has 5 atom stereocenters. The van der Waals surface area contributed by atoms with Crippen LogP contribution in [0.15, 0.2) is 52.9 Å². The number of nitrogens with one attached hydrogen (secondary N) is 1. The summed E-state index contributed by atoms with van der Waals surface area (Å²) in [6.07, 6.45) is 7.37. The van der Waals surface area contributed by atoms with Crippen molar-refractivity contribution in [3.05, 3.63) is 70.3 Å². The number of alkyl halides is 2. The molecule has 2 aromatic rings. The molecule has 3 amide bonds. The number of carbonyl (C=O) groups is 2. The lowest BCUT2D eigenvalue weighted by Gasteiger charge is -2.43. The minimum Gasteiger partial charge on any atom is -0.491 e. The summed E-state index contributed by atoms with van der Waals surface area (Å²) in [5.41, 5.74) is 3.49. The van der Waals surface area contributed by atoms with Crippen molar-refractivity contribution >= 4 is 39.1 Å². The Morgan fingerprint density at radius 1 is 1.12 bits per heavy atom. The molecule has 1 unspecified atom stereocenters. The lowest BCUT2D eigenvalue weighted by molar-refractivity contribution is 0.0135. The third kappa shape index (κ3) is 9.42. The van der Waals surface area contributed by atoms with Crippen LogP contribution in [0.3, 0.4) is 0 Å². The van der Waals surface area contributed by atoms with E-state index in [1.165, 1.54) is 16.0 Å². The highest BCUT2D eigenvalue weighted by Gasteiger charge is 2.38. The zero-order chi connectivity index (χ0) is 36.1. The number of fused-ring (bicyclic) bond motifs is 3. The molecule has 278 valence electrons. The van der Waals surface area contributed by atoms with E-state index in [0.29, 0.717) is 37.2 Å². The summed E-state index contributed by atoms with van der Waals surface area (Å²) in [5.74, 6) is 0.0478. The van der Waals surface area contributed by atoms with Gasteiger partial charge in [0.2, 0.25) is 6.43 Å². The SMILES string of the molecule is CO[C@H]1/C=C/C[C@H](C)CS(=O)(NC(=O)N2CC(CC(F)F)C2)=NC(=O)c2ccc3c(c2)N(CCc2ccc(Cl)cc2CCCCO3)C[C@@H]2CC[C@H]21. The van der Waals surface area contributed by atoms with Gasteiger partial charge in [0.15, 0.2) is 0 Å². The Balaban J connectivity index is 1.36. The maximum atomic E-state index is 14.4. The van der Waals surface area contributed by atoms with Crippen molar-refractivity contribution in [3.8, 4) is 5.75 Å². The van der Waals surface area contributed by atoms with Gasteiger partial charge in [0.05, 0.1) is 24.2 Å². The number of hydrogen-bond donors (Lipinski definition) is 1. The van der Waals surface area contributed by atoms with Crippen LogP contribution in [-0.4, -0.2) is 79.2 Å². The number of benzene rings is 2. The number of urea groups is 1. The van der Waals surface area contributed by atoms with E-state index in [2.05, 4.69) is 32.2 Å². The summed E-state index contributed by atoms with van der Waals surface area (Å²) in [7, 11) is -1.86. The summed E-state index contributed by atoms with van der Waals surface area (Å²) >= 11 is 6.40. The Morgan fingerprint density at radius 2 is 1.94 bits per heavy atom. The van der Waals surface area contributed by atoms with E-state index in [-0.39, 0.29) is 48.8 Å². The molecule has 2 fully saturated rings. The number of likely N-dealkylation sites (tertiary alicyclic amines) is 1. The topological polar surface area (TPSA) is 101 Å². The van der Waals surface area contributed by atoms with Gasteiger partial charge in [-0.25, -0.2) is 17.8 Å². The van der Waals surface area contributed by atoms with Gasteiger partial charge in [-0.05, 0) is 110 Å². The van der Waals surface area contributed by atoms with E-state index >= 15 is 0 Å². The zero-order valence-corrected chi connectivity index (χ0v) is 31.0.